The second-order valence-corrected chi connectivity index (χ2v) is 4.90. The van der Waals surface area contributed by atoms with Crippen molar-refractivity contribution in [1.29, 1.82) is 0 Å². The molecule has 0 spiro atoms. The van der Waals surface area contributed by atoms with Crippen LogP contribution in [-0.2, 0) is 9.53 Å². The number of hydrogen-bond donors (Lipinski definition) is 1. The standard InChI is InChI=1S/C11H12ClN3O2S/c1-6(2)17-5-9(16)13-10-7(12)3-4-8-11(10)15-18-14-8/h3-4,6H,5H2,1-2H3,(H,13,16). The van der Waals surface area contributed by atoms with E-state index in [1.54, 1.807) is 12.1 Å². The average molecular weight is 286 g/mol. The van der Waals surface area contributed by atoms with E-state index in [9.17, 15) is 4.79 Å². The Bertz CT molecular complexity index is 570. The van der Waals surface area contributed by atoms with Gasteiger partial charge in [-0.3, -0.25) is 4.79 Å². The molecule has 0 radical (unpaired) electrons. The molecule has 0 aliphatic carbocycles. The third-order valence-corrected chi connectivity index (χ3v) is 3.05. The van der Waals surface area contributed by atoms with Gasteiger partial charge >= 0.3 is 0 Å². The summed E-state index contributed by atoms with van der Waals surface area (Å²) in [7, 11) is 0. The second-order valence-electron chi connectivity index (χ2n) is 3.96. The Hall–Kier alpha value is -1.24. The van der Waals surface area contributed by atoms with Crippen LogP contribution in [0.5, 0.6) is 0 Å². The molecule has 5 nitrogen and oxygen atoms in total. The molecule has 2 aromatic rings. The zero-order chi connectivity index (χ0) is 13.1. The molecule has 96 valence electrons. The lowest BCUT2D eigenvalue weighted by atomic mass is 10.2. The monoisotopic (exact) mass is 285 g/mol. The van der Waals surface area contributed by atoms with Crippen molar-refractivity contribution in [2.45, 2.75) is 20.0 Å². The lowest BCUT2D eigenvalue weighted by molar-refractivity contribution is -0.121. The molecule has 0 unspecified atom stereocenters. The molecule has 0 bridgehead atoms. The number of carbonyl (C=O) groups is 1. The van der Waals surface area contributed by atoms with E-state index in [0.29, 0.717) is 21.7 Å². The molecule has 1 heterocycles. The first kappa shape index (κ1) is 13.2. The number of benzene rings is 1. The number of nitrogens with zero attached hydrogens (tertiary/aromatic N) is 2. The number of nitrogens with one attached hydrogen (secondary N) is 1. The van der Waals surface area contributed by atoms with Crippen LogP contribution in [0.25, 0.3) is 11.0 Å². The van der Waals surface area contributed by atoms with Crippen molar-refractivity contribution in [2.24, 2.45) is 0 Å². The highest BCUT2D eigenvalue weighted by atomic mass is 35.5. The van der Waals surface area contributed by atoms with E-state index >= 15 is 0 Å². The van der Waals surface area contributed by atoms with Gasteiger partial charge in [0.05, 0.1) is 28.5 Å². The van der Waals surface area contributed by atoms with E-state index in [1.165, 1.54) is 0 Å². The van der Waals surface area contributed by atoms with Gasteiger partial charge in [-0.05, 0) is 26.0 Å². The topological polar surface area (TPSA) is 64.1 Å². The molecule has 0 saturated heterocycles. The molecular weight excluding hydrogens is 274 g/mol. The number of amides is 1. The van der Waals surface area contributed by atoms with Crippen LogP contribution in [-0.4, -0.2) is 27.4 Å². The van der Waals surface area contributed by atoms with Crippen LogP contribution in [0, 0.1) is 0 Å². The number of carbonyl (C=O) groups excluding carboxylic acids is 1. The Labute approximate surface area is 113 Å². The maximum Gasteiger partial charge on any atom is 0.250 e. The van der Waals surface area contributed by atoms with Crippen LogP contribution in [0.3, 0.4) is 0 Å². The van der Waals surface area contributed by atoms with Crippen LogP contribution < -0.4 is 5.32 Å². The first-order valence-electron chi connectivity index (χ1n) is 5.40. The molecule has 0 atom stereocenters. The molecular formula is C11H12ClN3O2S. The Morgan fingerprint density at radius 2 is 2.28 bits per heavy atom. The predicted octanol–water partition coefficient (Wildman–Crippen LogP) is 2.71. The second kappa shape index (κ2) is 5.60. The Morgan fingerprint density at radius 1 is 1.50 bits per heavy atom. The minimum absolute atomic E-state index is 0.00273. The van der Waals surface area contributed by atoms with Crippen molar-refractivity contribution < 1.29 is 9.53 Å². The van der Waals surface area contributed by atoms with E-state index in [4.69, 9.17) is 16.3 Å². The van der Waals surface area contributed by atoms with Crippen LogP contribution >= 0.6 is 23.3 Å². The maximum absolute atomic E-state index is 11.7. The van der Waals surface area contributed by atoms with E-state index < -0.39 is 0 Å². The highest BCUT2D eigenvalue weighted by Crippen LogP contribution is 2.29. The molecule has 18 heavy (non-hydrogen) atoms. The molecule has 1 amide bonds. The molecule has 0 saturated carbocycles. The number of hydrogen-bond acceptors (Lipinski definition) is 5. The third-order valence-electron chi connectivity index (χ3n) is 2.19. The van der Waals surface area contributed by atoms with Crippen molar-refractivity contribution in [3.63, 3.8) is 0 Å². The zero-order valence-electron chi connectivity index (χ0n) is 9.94. The number of anilines is 1. The van der Waals surface area contributed by atoms with Crippen molar-refractivity contribution in [3.8, 4) is 0 Å². The van der Waals surface area contributed by atoms with Gasteiger partial charge in [-0.15, -0.1) is 0 Å². The third kappa shape index (κ3) is 2.95. The number of ether oxygens (including phenoxy) is 1. The highest BCUT2D eigenvalue weighted by molar-refractivity contribution is 7.00. The summed E-state index contributed by atoms with van der Waals surface area (Å²) >= 11 is 7.13. The first-order chi connectivity index (χ1) is 8.58. The predicted molar refractivity (Wildman–Crippen MR) is 72.1 cm³/mol. The van der Waals surface area contributed by atoms with E-state index in [2.05, 4.69) is 14.1 Å². The highest BCUT2D eigenvalue weighted by Gasteiger charge is 2.13. The van der Waals surface area contributed by atoms with Gasteiger partial charge in [0.25, 0.3) is 0 Å². The lowest BCUT2D eigenvalue weighted by Gasteiger charge is -2.09. The summed E-state index contributed by atoms with van der Waals surface area (Å²) in [5, 5.41) is 3.14. The summed E-state index contributed by atoms with van der Waals surface area (Å²) in [5.41, 5.74) is 1.80. The smallest absolute Gasteiger partial charge is 0.250 e. The SMILES string of the molecule is CC(C)OCC(=O)Nc1c(Cl)ccc2nsnc12. The Kier molecular flexibility index (Phi) is 4.11. The molecule has 1 aromatic heterocycles. The molecule has 0 fully saturated rings. The summed E-state index contributed by atoms with van der Waals surface area (Å²) in [6, 6.07) is 3.45. The maximum atomic E-state index is 11.7. The van der Waals surface area contributed by atoms with Gasteiger partial charge in [0.1, 0.15) is 17.6 Å². The normalized spacial score (nSPS) is 11.1. The summed E-state index contributed by atoms with van der Waals surface area (Å²) in [5.74, 6) is -0.258. The summed E-state index contributed by atoms with van der Waals surface area (Å²) < 4.78 is 13.4. The summed E-state index contributed by atoms with van der Waals surface area (Å²) in [6.45, 7) is 3.72. The quantitative estimate of drug-likeness (QED) is 0.938. The van der Waals surface area contributed by atoms with Crippen LogP contribution in [0.2, 0.25) is 5.02 Å². The van der Waals surface area contributed by atoms with Crippen LogP contribution in [0.4, 0.5) is 5.69 Å². The minimum Gasteiger partial charge on any atom is -0.369 e. The van der Waals surface area contributed by atoms with Crippen molar-refractivity contribution in [1.82, 2.24) is 8.75 Å². The van der Waals surface area contributed by atoms with E-state index in [1.807, 2.05) is 13.8 Å². The number of rotatable bonds is 4. The molecule has 0 aliphatic heterocycles. The first-order valence-corrected chi connectivity index (χ1v) is 6.51. The van der Waals surface area contributed by atoms with Crippen LogP contribution in [0.1, 0.15) is 13.8 Å². The number of fused-ring (bicyclic) bond motifs is 1. The number of halogens is 1. The molecule has 1 N–H and O–H groups in total. The van der Waals surface area contributed by atoms with E-state index in [0.717, 1.165) is 11.7 Å². The van der Waals surface area contributed by atoms with Gasteiger partial charge in [-0.1, -0.05) is 11.6 Å². The number of aromatic nitrogens is 2. The van der Waals surface area contributed by atoms with Gasteiger partial charge in [0.2, 0.25) is 5.91 Å². The molecule has 1 aromatic carbocycles. The molecule has 0 aliphatic rings. The summed E-state index contributed by atoms with van der Waals surface area (Å²) in [6.07, 6.45) is 0.00273. The molecule has 7 heteroatoms. The van der Waals surface area contributed by atoms with Gasteiger partial charge in [0, 0.05) is 0 Å². The van der Waals surface area contributed by atoms with Crippen molar-refractivity contribution in [3.05, 3.63) is 17.2 Å². The van der Waals surface area contributed by atoms with Gasteiger partial charge < -0.3 is 10.1 Å². The fraction of sp³-hybridized carbons (Fsp3) is 0.364. The van der Waals surface area contributed by atoms with E-state index in [-0.39, 0.29) is 18.6 Å². The minimum atomic E-state index is -0.258. The van der Waals surface area contributed by atoms with Gasteiger partial charge in [-0.25, -0.2) is 0 Å². The largest absolute Gasteiger partial charge is 0.369 e. The zero-order valence-corrected chi connectivity index (χ0v) is 11.5. The van der Waals surface area contributed by atoms with Crippen molar-refractivity contribution in [2.75, 3.05) is 11.9 Å². The lowest BCUT2D eigenvalue weighted by Crippen LogP contribution is -2.21. The fourth-order valence-electron chi connectivity index (χ4n) is 1.36. The summed E-state index contributed by atoms with van der Waals surface area (Å²) in [4.78, 5) is 11.7. The average Bonchev–Trinajstić information content (AvgIpc) is 2.78. The van der Waals surface area contributed by atoms with Crippen molar-refractivity contribution >= 4 is 46.0 Å². The van der Waals surface area contributed by atoms with Gasteiger partial charge in [-0.2, -0.15) is 8.75 Å². The molecule has 2 rings (SSSR count). The van der Waals surface area contributed by atoms with Gasteiger partial charge in [0.15, 0.2) is 0 Å². The Balaban J connectivity index is 2.18. The fourth-order valence-corrected chi connectivity index (χ4v) is 2.11. The Morgan fingerprint density at radius 3 is 3.00 bits per heavy atom. The van der Waals surface area contributed by atoms with Crippen LogP contribution in [0.15, 0.2) is 12.1 Å².